The van der Waals surface area contributed by atoms with Crippen molar-refractivity contribution < 1.29 is 29.3 Å². The van der Waals surface area contributed by atoms with E-state index in [1.54, 1.807) is 24.3 Å². The zero-order chi connectivity index (χ0) is 24.9. The van der Waals surface area contributed by atoms with Crippen LogP contribution in [0.3, 0.4) is 0 Å². The number of halogens is 1. The van der Waals surface area contributed by atoms with Crippen LogP contribution in [0.1, 0.15) is 30.5 Å². The number of ketones is 1. The van der Waals surface area contributed by atoms with E-state index in [9.17, 15) is 19.8 Å². The van der Waals surface area contributed by atoms with E-state index in [1.165, 1.54) is 23.1 Å². The third-order valence-electron chi connectivity index (χ3n) is 6.24. The van der Waals surface area contributed by atoms with E-state index in [0.29, 0.717) is 44.1 Å². The Morgan fingerprint density at radius 1 is 1.11 bits per heavy atom. The number of carbonyl (C=O) groups excluding carboxylic acids is 2. The van der Waals surface area contributed by atoms with Gasteiger partial charge >= 0.3 is 0 Å². The lowest BCUT2D eigenvalue weighted by molar-refractivity contribution is -0.140. The molecule has 186 valence electrons. The van der Waals surface area contributed by atoms with Gasteiger partial charge in [-0.1, -0.05) is 23.7 Å². The first-order valence-corrected chi connectivity index (χ1v) is 12.1. The van der Waals surface area contributed by atoms with Gasteiger partial charge in [-0.2, -0.15) is 0 Å². The van der Waals surface area contributed by atoms with Gasteiger partial charge in [0.05, 0.1) is 37.0 Å². The Morgan fingerprint density at radius 2 is 1.83 bits per heavy atom. The number of phenols is 1. The van der Waals surface area contributed by atoms with Crippen molar-refractivity contribution in [2.75, 3.05) is 46.0 Å². The number of nitrogens with zero attached hydrogens (tertiary/aromatic N) is 2. The van der Waals surface area contributed by atoms with E-state index in [4.69, 9.17) is 21.1 Å². The number of morpholine rings is 1. The van der Waals surface area contributed by atoms with Crippen molar-refractivity contribution in [3.8, 4) is 11.5 Å². The van der Waals surface area contributed by atoms with Crippen LogP contribution in [-0.2, 0) is 14.3 Å². The molecule has 1 amide bonds. The first-order chi connectivity index (χ1) is 16.9. The summed E-state index contributed by atoms with van der Waals surface area (Å²) in [4.78, 5) is 30.0. The van der Waals surface area contributed by atoms with Crippen LogP contribution in [0.4, 0.5) is 0 Å². The zero-order valence-corrected chi connectivity index (χ0v) is 20.3. The number of aliphatic hydroxyl groups excluding tert-OH is 1. The lowest BCUT2D eigenvalue weighted by atomic mass is 9.95. The molecule has 35 heavy (non-hydrogen) atoms. The maximum absolute atomic E-state index is 13.2. The molecule has 8 nitrogen and oxygen atoms in total. The van der Waals surface area contributed by atoms with Gasteiger partial charge in [0, 0.05) is 31.2 Å². The summed E-state index contributed by atoms with van der Waals surface area (Å²) in [5, 5.41) is 21.8. The summed E-state index contributed by atoms with van der Waals surface area (Å²) in [6.07, 6.45) is 0.656. The monoisotopic (exact) mass is 500 g/mol. The van der Waals surface area contributed by atoms with E-state index in [-0.39, 0.29) is 21.9 Å². The van der Waals surface area contributed by atoms with Gasteiger partial charge in [-0.3, -0.25) is 14.5 Å². The number of likely N-dealkylation sites (tertiary alicyclic amines) is 1. The van der Waals surface area contributed by atoms with Crippen LogP contribution in [0, 0.1) is 0 Å². The molecular weight excluding hydrogens is 472 g/mol. The Bertz CT molecular complexity index is 1110. The number of phenolic OH excluding ortho intramolecular Hbond substituents is 1. The van der Waals surface area contributed by atoms with E-state index in [2.05, 4.69) is 4.90 Å². The van der Waals surface area contributed by atoms with Crippen LogP contribution < -0.4 is 4.74 Å². The van der Waals surface area contributed by atoms with Gasteiger partial charge in [-0.15, -0.1) is 0 Å². The lowest BCUT2D eigenvalue weighted by Crippen LogP contribution is -2.38. The SMILES string of the molecule is CCOc1ccc([C@H]2C(=C(O)c3cc(Cl)ccc3O)C(=O)C(=O)N2CCCN2CCOCC2)cc1. The van der Waals surface area contributed by atoms with Crippen LogP contribution in [0.25, 0.3) is 5.76 Å². The van der Waals surface area contributed by atoms with Crippen LogP contribution in [0.2, 0.25) is 5.02 Å². The molecule has 0 unspecified atom stereocenters. The van der Waals surface area contributed by atoms with Crippen molar-refractivity contribution >= 4 is 29.1 Å². The summed E-state index contributed by atoms with van der Waals surface area (Å²) >= 11 is 6.07. The standard InChI is InChI=1S/C26H29ClN2O6/c1-2-35-19-7-4-17(5-8-19)23-22(24(31)20-16-18(27)6-9-21(20)30)25(32)26(33)29(23)11-3-10-28-12-14-34-15-13-28/h4-9,16,23,30-31H,2-3,10-15H2,1H3/t23-/m0/s1. The summed E-state index contributed by atoms with van der Waals surface area (Å²) < 4.78 is 10.9. The highest BCUT2D eigenvalue weighted by molar-refractivity contribution is 6.46. The molecule has 2 fully saturated rings. The number of Topliss-reactive ketones (excluding diaryl/α,β-unsaturated/α-hetero) is 1. The minimum atomic E-state index is -0.811. The molecule has 2 aromatic rings. The number of rotatable bonds is 8. The molecule has 0 saturated carbocycles. The Labute approximate surface area is 209 Å². The van der Waals surface area contributed by atoms with Crippen molar-refractivity contribution in [1.82, 2.24) is 9.80 Å². The normalized spacial score (nSPS) is 20.4. The smallest absolute Gasteiger partial charge is 0.295 e. The third-order valence-corrected chi connectivity index (χ3v) is 6.47. The molecular formula is C26H29ClN2O6. The summed E-state index contributed by atoms with van der Waals surface area (Å²) in [6.45, 7) is 6.50. The first-order valence-electron chi connectivity index (χ1n) is 11.7. The van der Waals surface area contributed by atoms with Gasteiger partial charge < -0.3 is 24.6 Å². The fraction of sp³-hybridized carbons (Fsp3) is 0.385. The van der Waals surface area contributed by atoms with Crippen LogP contribution in [0.5, 0.6) is 11.5 Å². The number of aromatic hydroxyl groups is 1. The second kappa shape index (κ2) is 11.1. The summed E-state index contributed by atoms with van der Waals surface area (Å²) in [6, 6.07) is 10.5. The predicted octanol–water partition coefficient (Wildman–Crippen LogP) is 3.59. The molecule has 0 aliphatic carbocycles. The maximum Gasteiger partial charge on any atom is 0.295 e. The van der Waals surface area contributed by atoms with E-state index in [1.807, 2.05) is 6.92 Å². The molecule has 4 rings (SSSR count). The zero-order valence-electron chi connectivity index (χ0n) is 19.6. The quantitative estimate of drug-likeness (QED) is 0.324. The minimum absolute atomic E-state index is 0.000229. The van der Waals surface area contributed by atoms with E-state index in [0.717, 1.165) is 19.6 Å². The molecule has 0 radical (unpaired) electrons. The highest BCUT2D eigenvalue weighted by Gasteiger charge is 2.46. The average Bonchev–Trinajstić information content (AvgIpc) is 3.11. The number of benzene rings is 2. The molecule has 2 aliphatic heterocycles. The van der Waals surface area contributed by atoms with E-state index < -0.39 is 23.5 Å². The number of aliphatic hydroxyl groups is 1. The van der Waals surface area contributed by atoms with Crippen LogP contribution in [-0.4, -0.2) is 77.7 Å². The average molecular weight is 501 g/mol. The largest absolute Gasteiger partial charge is 0.507 e. The number of amides is 1. The van der Waals surface area contributed by atoms with Gasteiger partial charge in [-0.05, 0) is 49.2 Å². The highest BCUT2D eigenvalue weighted by atomic mass is 35.5. The second-order valence-electron chi connectivity index (χ2n) is 8.46. The second-order valence-corrected chi connectivity index (χ2v) is 8.90. The van der Waals surface area contributed by atoms with E-state index >= 15 is 0 Å². The molecule has 0 spiro atoms. The van der Waals surface area contributed by atoms with Crippen LogP contribution in [0.15, 0.2) is 48.0 Å². The third kappa shape index (κ3) is 5.45. The molecule has 0 aromatic heterocycles. The Balaban J connectivity index is 1.70. The molecule has 2 saturated heterocycles. The van der Waals surface area contributed by atoms with Crippen molar-refractivity contribution in [1.29, 1.82) is 0 Å². The van der Waals surface area contributed by atoms with Crippen molar-refractivity contribution in [3.05, 3.63) is 64.2 Å². The first kappa shape index (κ1) is 25.0. The molecule has 9 heteroatoms. The number of hydrogen-bond donors (Lipinski definition) is 2. The summed E-state index contributed by atoms with van der Waals surface area (Å²) in [7, 11) is 0. The fourth-order valence-electron chi connectivity index (χ4n) is 4.50. The van der Waals surface area contributed by atoms with Crippen LogP contribution >= 0.6 is 11.6 Å². The maximum atomic E-state index is 13.2. The minimum Gasteiger partial charge on any atom is -0.507 e. The predicted molar refractivity (Wildman–Crippen MR) is 132 cm³/mol. The highest BCUT2D eigenvalue weighted by Crippen LogP contribution is 2.41. The summed E-state index contributed by atoms with van der Waals surface area (Å²) in [5.41, 5.74) is 0.574. The number of ether oxygens (including phenoxy) is 2. The molecule has 2 aliphatic rings. The topological polar surface area (TPSA) is 99.5 Å². The molecule has 0 bridgehead atoms. The molecule has 2 heterocycles. The Morgan fingerprint density at radius 3 is 2.51 bits per heavy atom. The van der Waals surface area contributed by atoms with Gasteiger partial charge in [0.15, 0.2) is 0 Å². The molecule has 1 atom stereocenters. The summed E-state index contributed by atoms with van der Waals surface area (Å²) in [5.74, 6) is -1.53. The van der Waals surface area contributed by atoms with Crippen molar-refractivity contribution in [3.63, 3.8) is 0 Å². The van der Waals surface area contributed by atoms with Gasteiger partial charge in [-0.25, -0.2) is 0 Å². The van der Waals surface area contributed by atoms with Gasteiger partial charge in [0.25, 0.3) is 11.7 Å². The Kier molecular flexibility index (Phi) is 7.95. The molecule has 2 N–H and O–H groups in total. The van der Waals surface area contributed by atoms with Gasteiger partial charge in [0.2, 0.25) is 0 Å². The molecule has 2 aromatic carbocycles. The number of hydrogen-bond acceptors (Lipinski definition) is 7. The number of carbonyl (C=O) groups is 2. The van der Waals surface area contributed by atoms with Gasteiger partial charge in [0.1, 0.15) is 17.3 Å². The lowest BCUT2D eigenvalue weighted by Gasteiger charge is -2.29. The van der Waals surface area contributed by atoms with Crippen molar-refractivity contribution in [2.45, 2.75) is 19.4 Å². The van der Waals surface area contributed by atoms with Crippen molar-refractivity contribution in [2.24, 2.45) is 0 Å². The fourth-order valence-corrected chi connectivity index (χ4v) is 4.67. The Hall–Kier alpha value is -3.07.